The molecule has 2 aliphatic carbocycles. The van der Waals surface area contributed by atoms with Gasteiger partial charge in [-0.1, -0.05) is 45.0 Å². The minimum absolute atomic E-state index is 0.183. The lowest BCUT2D eigenvalue weighted by atomic mass is 9.76. The zero-order valence-electron chi connectivity index (χ0n) is 16.3. The minimum atomic E-state index is -1.85. The molecular weight excluding hydrogens is 328 g/mol. The van der Waals surface area contributed by atoms with Crippen molar-refractivity contribution in [2.24, 2.45) is 11.8 Å². The summed E-state index contributed by atoms with van der Waals surface area (Å²) in [6.07, 6.45) is 3.31. The van der Waals surface area contributed by atoms with Crippen molar-refractivity contribution in [3.05, 3.63) is 35.4 Å². The Morgan fingerprint density at radius 2 is 1.76 bits per heavy atom. The Labute approximate surface area is 153 Å². The Morgan fingerprint density at radius 1 is 1.08 bits per heavy atom. The van der Waals surface area contributed by atoms with Gasteiger partial charge in [-0.25, -0.2) is 0 Å². The van der Waals surface area contributed by atoms with E-state index >= 15 is 0 Å². The van der Waals surface area contributed by atoms with Gasteiger partial charge >= 0.3 is 0 Å². The molecule has 1 unspecified atom stereocenters. The molecule has 1 aromatic carbocycles. The van der Waals surface area contributed by atoms with Crippen LogP contribution < -0.4 is 0 Å². The van der Waals surface area contributed by atoms with Crippen molar-refractivity contribution >= 4 is 8.32 Å². The normalized spacial score (nSPS) is 31.2. The average Bonchev–Trinajstić information content (AvgIpc) is 3.12. The van der Waals surface area contributed by atoms with Crippen LogP contribution >= 0.6 is 0 Å². The summed E-state index contributed by atoms with van der Waals surface area (Å²) in [5, 5.41) is 0.214. The Bertz CT molecular complexity index is 643. The molecule has 0 amide bonds. The highest BCUT2D eigenvalue weighted by Crippen LogP contribution is 2.56. The number of rotatable bonds is 2. The van der Waals surface area contributed by atoms with E-state index in [-0.39, 0.29) is 16.9 Å². The molecule has 0 N–H and O–H groups in total. The molecule has 1 aromatic rings. The maximum Gasteiger partial charge on any atom is 0.192 e. The summed E-state index contributed by atoms with van der Waals surface area (Å²) in [6, 6.07) is 8.89. The van der Waals surface area contributed by atoms with E-state index in [1.165, 1.54) is 11.1 Å². The molecule has 0 bridgehead atoms. The van der Waals surface area contributed by atoms with Crippen molar-refractivity contribution in [2.45, 2.75) is 70.1 Å². The number of ether oxygens (including phenoxy) is 2. The Balaban J connectivity index is 1.69. The van der Waals surface area contributed by atoms with Gasteiger partial charge in [-0.05, 0) is 47.5 Å². The summed E-state index contributed by atoms with van der Waals surface area (Å²) < 4.78 is 19.2. The first kappa shape index (κ1) is 17.7. The van der Waals surface area contributed by atoms with Crippen LogP contribution in [0.4, 0.5) is 0 Å². The average molecular weight is 361 g/mol. The van der Waals surface area contributed by atoms with Crippen molar-refractivity contribution in [3.63, 3.8) is 0 Å². The second-order valence-corrected chi connectivity index (χ2v) is 14.4. The van der Waals surface area contributed by atoms with Crippen LogP contribution in [-0.4, -0.2) is 27.3 Å². The largest absolute Gasteiger partial charge is 0.410 e. The molecule has 1 spiro atoms. The van der Waals surface area contributed by atoms with Crippen LogP contribution in [0.15, 0.2) is 24.3 Å². The second-order valence-electron chi connectivity index (χ2n) is 9.64. The van der Waals surface area contributed by atoms with Gasteiger partial charge in [-0.15, -0.1) is 0 Å². The first-order valence-electron chi connectivity index (χ1n) is 9.74. The quantitative estimate of drug-likeness (QED) is 0.689. The summed E-state index contributed by atoms with van der Waals surface area (Å²) in [6.45, 7) is 13.2. The molecule has 3 nitrogen and oxygen atoms in total. The molecule has 2 fully saturated rings. The van der Waals surface area contributed by atoms with E-state index in [0.29, 0.717) is 11.8 Å². The highest BCUT2D eigenvalue weighted by atomic mass is 28.4. The molecule has 25 heavy (non-hydrogen) atoms. The molecule has 4 heteroatoms. The standard InChI is InChI=1S/C21H32O3Si/c1-20(2,3)25(4,5)24-19-17-9-7-6-8-15(17)12-16-13-21(14-18(16)19)22-10-11-23-21/h6-9,16,18-19H,10-14H2,1-5H3/t16-,18-,19?/m0/s1. The number of hydrogen-bond donors (Lipinski definition) is 0. The molecule has 1 heterocycles. The van der Waals surface area contributed by atoms with Gasteiger partial charge in [0, 0.05) is 12.8 Å². The third-order valence-corrected chi connectivity index (χ3v) is 11.5. The fourth-order valence-corrected chi connectivity index (χ4v) is 5.92. The lowest BCUT2D eigenvalue weighted by Gasteiger charge is -2.44. The summed E-state index contributed by atoms with van der Waals surface area (Å²) in [5.41, 5.74) is 2.87. The van der Waals surface area contributed by atoms with Crippen molar-refractivity contribution in [1.82, 2.24) is 0 Å². The fraction of sp³-hybridized carbons (Fsp3) is 0.714. The van der Waals surface area contributed by atoms with Gasteiger partial charge in [0.25, 0.3) is 0 Å². The van der Waals surface area contributed by atoms with Gasteiger partial charge in [0.05, 0.1) is 19.3 Å². The predicted molar refractivity (Wildman–Crippen MR) is 102 cm³/mol. The van der Waals surface area contributed by atoms with Crippen LogP contribution in [0, 0.1) is 11.8 Å². The molecule has 1 saturated carbocycles. The number of fused-ring (bicyclic) bond motifs is 2. The molecule has 3 aliphatic rings. The van der Waals surface area contributed by atoms with Crippen molar-refractivity contribution in [1.29, 1.82) is 0 Å². The van der Waals surface area contributed by atoms with Crippen molar-refractivity contribution < 1.29 is 13.9 Å². The Kier molecular flexibility index (Phi) is 4.19. The van der Waals surface area contributed by atoms with Crippen LogP contribution in [0.25, 0.3) is 0 Å². The molecule has 4 rings (SSSR count). The van der Waals surface area contributed by atoms with Gasteiger partial charge in [0.15, 0.2) is 14.1 Å². The predicted octanol–water partition coefficient (Wildman–Crippen LogP) is 5.07. The van der Waals surface area contributed by atoms with Crippen molar-refractivity contribution in [3.8, 4) is 0 Å². The maximum absolute atomic E-state index is 7.01. The van der Waals surface area contributed by atoms with E-state index in [2.05, 4.69) is 58.1 Å². The van der Waals surface area contributed by atoms with E-state index in [0.717, 1.165) is 32.5 Å². The van der Waals surface area contributed by atoms with Gasteiger partial charge in [-0.3, -0.25) is 0 Å². The molecule has 0 aromatic heterocycles. The highest BCUT2D eigenvalue weighted by Gasteiger charge is 2.55. The molecule has 1 saturated heterocycles. The van der Waals surface area contributed by atoms with E-state index in [9.17, 15) is 0 Å². The number of hydrogen-bond acceptors (Lipinski definition) is 3. The maximum atomic E-state index is 7.01. The van der Waals surface area contributed by atoms with Gasteiger partial charge in [0.2, 0.25) is 0 Å². The number of benzene rings is 1. The topological polar surface area (TPSA) is 27.7 Å². The van der Waals surface area contributed by atoms with Gasteiger partial charge < -0.3 is 13.9 Å². The summed E-state index contributed by atoms with van der Waals surface area (Å²) in [4.78, 5) is 0. The third-order valence-electron chi connectivity index (χ3n) is 7.00. The molecule has 0 radical (unpaired) electrons. The Hall–Kier alpha value is -0.683. The van der Waals surface area contributed by atoms with Crippen LogP contribution in [0.3, 0.4) is 0 Å². The minimum Gasteiger partial charge on any atom is -0.410 e. The SMILES string of the molecule is CC(C)(C)[Si](C)(C)OC1c2ccccc2C[C@H]2CC3(C[C@H]12)OCCO3. The summed E-state index contributed by atoms with van der Waals surface area (Å²) in [7, 11) is -1.85. The first-order chi connectivity index (χ1) is 11.7. The van der Waals surface area contributed by atoms with E-state index in [4.69, 9.17) is 13.9 Å². The summed E-state index contributed by atoms with van der Waals surface area (Å²) in [5.74, 6) is 0.761. The molecule has 1 aliphatic heterocycles. The smallest absolute Gasteiger partial charge is 0.192 e. The van der Waals surface area contributed by atoms with E-state index in [1.807, 2.05) is 0 Å². The van der Waals surface area contributed by atoms with Crippen LogP contribution in [0.2, 0.25) is 18.1 Å². The lowest BCUT2D eigenvalue weighted by molar-refractivity contribution is -0.155. The van der Waals surface area contributed by atoms with E-state index in [1.54, 1.807) is 0 Å². The van der Waals surface area contributed by atoms with Gasteiger partial charge in [0.1, 0.15) is 0 Å². The van der Waals surface area contributed by atoms with E-state index < -0.39 is 8.32 Å². The molecule has 3 atom stereocenters. The zero-order valence-corrected chi connectivity index (χ0v) is 17.3. The third kappa shape index (κ3) is 3.01. The monoisotopic (exact) mass is 360 g/mol. The highest BCUT2D eigenvalue weighted by molar-refractivity contribution is 6.74. The fourth-order valence-electron chi connectivity index (χ4n) is 4.63. The first-order valence-corrected chi connectivity index (χ1v) is 12.7. The zero-order chi connectivity index (χ0) is 17.9. The second kappa shape index (κ2) is 5.91. The van der Waals surface area contributed by atoms with Crippen LogP contribution in [-0.2, 0) is 20.3 Å². The lowest BCUT2D eigenvalue weighted by Crippen LogP contribution is -2.44. The van der Waals surface area contributed by atoms with Crippen LogP contribution in [0.1, 0.15) is 50.8 Å². The molecule has 138 valence electrons. The van der Waals surface area contributed by atoms with Crippen LogP contribution in [0.5, 0.6) is 0 Å². The van der Waals surface area contributed by atoms with Gasteiger partial charge in [-0.2, -0.15) is 0 Å². The summed E-state index contributed by atoms with van der Waals surface area (Å²) >= 11 is 0. The Morgan fingerprint density at radius 3 is 2.44 bits per heavy atom. The molecular formula is C21H32O3Si. The van der Waals surface area contributed by atoms with Crippen molar-refractivity contribution in [2.75, 3.05) is 13.2 Å².